The lowest BCUT2D eigenvalue weighted by Crippen LogP contribution is -2.40. The molecule has 11 heteroatoms. The molecule has 3 aromatic carbocycles. The number of rotatable bonds is 9. The van der Waals surface area contributed by atoms with E-state index in [1.807, 2.05) is 20.8 Å². The topological polar surface area (TPSA) is 143 Å². The van der Waals surface area contributed by atoms with Crippen molar-refractivity contribution in [2.24, 2.45) is 5.73 Å². The van der Waals surface area contributed by atoms with Gasteiger partial charge in [-0.25, -0.2) is 12.8 Å². The van der Waals surface area contributed by atoms with E-state index in [9.17, 15) is 27.5 Å². The second-order valence-corrected chi connectivity index (χ2v) is 12.8. The molecule has 0 unspecified atom stereocenters. The van der Waals surface area contributed by atoms with Crippen LogP contribution in [-0.2, 0) is 16.6 Å². The largest absolute Gasteiger partial charge is 0.455 e. The number of hydrogen-bond donors (Lipinski definition) is 3. The van der Waals surface area contributed by atoms with Gasteiger partial charge in [0.2, 0.25) is 10.0 Å². The number of benzene rings is 3. The Morgan fingerprint density at radius 3 is 2.32 bits per heavy atom. The molecule has 0 bridgehead atoms. The normalized spacial score (nSPS) is 12.2. The smallest absolute Gasteiger partial charge is 0.253 e. The van der Waals surface area contributed by atoms with Gasteiger partial charge in [0.15, 0.2) is 0 Å². The Hall–Kier alpha value is -4.06. The number of nitrogens with zero attached hydrogens (tertiary/aromatic N) is 1. The summed E-state index contributed by atoms with van der Waals surface area (Å²) in [6.07, 6.45) is 1.04. The molecule has 41 heavy (non-hydrogen) atoms. The third kappa shape index (κ3) is 6.82. The van der Waals surface area contributed by atoms with E-state index >= 15 is 0 Å². The zero-order valence-corrected chi connectivity index (χ0v) is 24.0. The molecule has 0 radical (unpaired) electrons. The zero-order valence-electron chi connectivity index (χ0n) is 23.2. The number of fused-ring (bicyclic) bond motifs is 1. The molecule has 216 valence electrons. The Morgan fingerprint density at radius 2 is 1.73 bits per heavy atom. The third-order valence-corrected chi connectivity index (χ3v) is 7.61. The number of carbonyl (C=O) groups excluding carboxylic acids is 2. The highest BCUT2D eigenvalue weighted by atomic mass is 32.2. The van der Waals surface area contributed by atoms with E-state index < -0.39 is 33.9 Å². The number of nitrogens with one attached hydrogen (secondary N) is 1. The summed E-state index contributed by atoms with van der Waals surface area (Å²) in [7, 11) is -3.71. The van der Waals surface area contributed by atoms with E-state index in [2.05, 4.69) is 5.32 Å². The average Bonchev–Trinajstić information content (AvgIpc) is 3.25. The number of aliphatic hydroxyl groups excluding tert-OH is 1. The Balaban J connectivity index is 1.97. The highest BCUT2D eigenvalue weighted by Crippen LogP contribution is 2.38. The summed E-state index contributed by atoms with van der Waals surface area (Å²) >= 11 is 0. The summed E-state index contributed by atoms with van der Waals surface area (Å²) < 4.78 is 45.8. The van der Waals surface area contributed by atoms with Crippen molar-refractivity contribution in [1.29, 1.82) is 0 Å². The van der Waals surface area contributed by atoms with Crippen LogP contribution in [0, 0.1) is 5.82 Å². The van der Waals surface area contributed by atoms with Crippen LogP contribution in [0.1, 0.15) is 47.1 Å². The van der Waals surface area contributed by atoms with Crippen LogP contribution in [0.15, 0.2) is 65.1 Å². The summed E-state index contributed by atoms with van der Waals surface area (Å²) in [5.41, 5.74) is 8.07. The predicted molar refractivity (Wildman–Crippen MR) is 155 cm³/mol. The second-order valence-electron chi connectivity index (χ2n) is 10.8. The van der Waals surface area contributed by atoms with Crippen molar-refractivity contribution in [3.05, 3.63) is 83.2 Å². The maximum Gasteiger partial charge on any atom is 0.253 e. The number of furan rings is 1. The van der Waals surface area contributed by atoms with Gasteiger partial charge in [-0.2, -0.15) is 4.31 Å². The van der Waals surface area contributed by atoms with Crippen molar-refractivity contribution < 1.29 is 31.9 Å². The van der Waals surface area contributed by atoms with E-state index in [-0.39, 0.29) is 35.9 Å². The Labute approximate surface area is 237 Å². The van der Waals surface area contributed by atoms with Crippen molar-refractivity contribution in [2.45, 2.75) is 32.9 Å². The molecule has 1 aromatic heterocycles. The van der Waals surface area contributed by atoms with Crippen LogP contribution in [0.25, 0.3) is 33.4 Å². The van der Waals surface area contributed by atoms with Crippen molar-refractivity contribution in [1.82, 2.24) is 9.62 Å². The number of sulfonamides is 1. The van der Waals surface area contributed by atoms with Crippen LogP contribution in [0.4, 0.5) is 4.39 Å². The second kappa shape index (κ2) is 11.4. The van der Waals surface area contributed by atoms with Crippen LogP contribution < -0.4 is 11.1 Å². The summed E-state index contributed by atoms with van der Waals surface area (Å²) in [6, 6.07) is 15.5. The lowest BCUT2D eigenvalue weighted by atomic mass is 9.94. The van der Waals surface area contributed by atoms with Gasteiger partial charge in [-0.3, -0.25) is 9.59 Å². The lowest BCUT2D eigenvalue weighted by molar-refractivity contribution is 0.0918. The van der Waals surface area contributed by atoms with Gasteiger partial charge in [0.05, 0.1) is 18.4 Å². The fourth-order valence-electron chi connectivity index (χ4n) is 4.54. The zero-order chi connectivity index (χ0) is 30.1. The van der Waals surface area contributed by atoms with Crippen molar-refractivity contribution in [2.75, 3.05) is 19.4 Å². The molecular formula is C30H32FN3O6S. The summed E-state index contributed by atoms with van der Waals surface area (Å²) in [4.78, 5) is 25.6. The van der Waals surface area contributed by atoms with E-state index in [0.717, 1.165) is 10.6 Å². The Kier molecular flexibility index (Phi) is 8.34. The number of hydrogen-bond acceptors (Lipinski definition) is 6. The number of amides is 2. The van der Waals surface area contributed by atoms with Crippen LogP contribution in [-0.4, -0.2) is 54.6 Å². The highest BCUT2D eigenvalue weighted by Gasteiger charge is 2.25. The number of carbonyl (C=O) groups is 2. The van der Waals surface area contributed by atoms with Crippen LogP contribution in [0.3, 0.4) is 0 Å². The number of primary amides is 1. The van der Waals surface area contributed by atoms with Gasteiger partial charge in [-0.15, -0.1) is 0 Å². The first-order valence-electron chi connectivity index (χ1n) is 12.8. The molecule has 0 aliphatic carbocycles. The van der Waals surface area contributed by atoms with Crippen LogP contribution >= 0.6 is 0 Å². The SMILES string of the molecule is CC(C)(C)NC(=O)c1cccc(-c2cc3c(C(N)=O)c(-c4ccc(F)cc4)oc3cc2CN(CCO)S(C)(=O)=O)c1. The quantitative estimate of drug-likeness (QED) is 0.269. The minimum atomic E-state index is -3.71. The highest BCUT2D eigenvalue weighted by molar-refractivity contribution is 7.88. The molecule has 0 aliphatic heterocycles. The number of halogens is 1. The molecule has 0 atom stereocenters. The van der Waals surface area contributed by atoms with Crippen LogP contribution in [0.2, 0.25) is 0 Å². The monoisotopic (exact) mass is 581 g/mol. The molecule has 0 saturated carbocycles. The lowest BCUT2D eigenvalue weighted by Gasteiger charge is -2.22. The first kappa shape index (κ1) is 29.9. The van der Waals surface area contributed by atoms with Gasteiger partial charge in [0.25, 0.3) is 11.8 Å². The molecule has 0 fully saturated rings. The Morgan fingerprint density at radius 1 is 1.05 bits per heavy atom. The summed E-state index contributed by atoms with van der Waals surface area (Å²) in [5, 5.41) is 12.8. The first-order chi connectivity index (χ1) is 19.2. The van der Waals surface area contributed by atoms with Crippen molar-refractivity contribution >= 4 is 32.8 Å². The minimum Gasteiger partial charge on any atom is -0.455 e. The number of aliphatic hydroxyl groups is 1. The molecule has 2 amide bonds. The van der Waals surface area contributed by atoms with Crippen molar-refractivity contribution in [3.63, 3.8) is 0 Å². The van der Waals surface area contributed by atoms with Crippen molar-refractivity contribution in [3.8, 4) is 22.5 Å². The molecule has 4 N–H and O–H groups in total. The van der Waals surface area contributed by atoms with Crippen LogP contribution in [0.5, 0.6) is 0 Å². The fraction of sp³-hybridized carbons (Fsp3) is 0.267. The first-order valence-corrected chi connectivity index (χ1v) is 14.7. The van der Waals surface area contributed by atoms with E-state index in [4.69, 9.17) is 10.2 Å². The molecule has 9 nitrogen and oxygen atoms in total. The molecule has 4 rings (SSSR count). The van der Waals surface area contributed by atoms with E-state index in [1.165, 1.54) is 24.3 Å². The maximum absolute atomic E-state index is 13.6. The van der Waals surface area contributed by atoms with Gasteiger partial charge < -0.3 is 20.6 Å². The minimum absolute atomic E-state index is 0.0800. The molecule has 4 aromatic rings. The molecule has 0 aliphatic rings. The maximum atomic E-state index is 13.6. The molecule has 0 saturated heterocycles. The predicted octanol–water partition coefficient (Wildman–Crippen LogP) is 4.29. The third-order valence-electron chi connectivity index (χ3n) is 6.36. The van der Waals surface area contributed by atoms with Gasteiger partial charge >= 0.3 is 0 Å². The molecule has 0 spiro atoms. The van der Waals surface area contributed by atoms with Gasteiger partial charge in [-0.05, 0) is 86.0 Å². The van der Waals surface area contributed by atoms with E-state index in [1.54, 1.807) is 36.4 Å². The summed E-state index contributed by atoms with van der Waals surface area (Å²) in [6.45, 7) is 4.94. The summed E-state index contributed by atoms with van der Waals surface area (Å²) in [5.74, 6) is -1.38. The standard InChI is InChI=1S/C30H32FN3O6S/c1-30(2,3)33-29(37)20-7-5-6-19(14-20)23-16-24-25(15-21(23)17-34(12-13-35)41(4,38)39)40-27(26(24)28(32)36)18-8-10-22(31)11-9-18/h5-11,14-16,35H,12-13,17H2,1-4H3,(H2,32,36)(H,33,37). The van der Waals surface area contributed by atoms with E-state index in [0.29, 0.717) is 33.2 Å². The average molecular weight is 582 g/mol. The van der Waals surface area contributed by atoms with Gasteiger partial charge in [-0.1, -0.05) is 12.1 Å². The number of nitrogens with two attached hydrogens (primary N) is 1. The fourth-order valence-corrected chi connectivity index (χ4v) is 5.33. The van der Waals surface area contributed by atoms with Gasteiger partial charge in [0, 0.05) is 35.1 Å². The molecule has 1 heterocycles. The molecular weight excluding hydrogens is 549 g/mol. The van der Waals surface area contributed by atoms with Gasteiger partial charge in [0.1, 0.15) is 17.2 Å². The Bertz CT molecular complexity index is 1720.